The lowest BCUT2D eigenvalue weighted by Gasteiger charge is -2.22. The van der Waals surface area contributed by atoms with Crippen LogP contribution in [0.15, 0.2) is 66.9 Å². The highest BCUT2D eigenvalue weighted by atomic mass is 16.5. The van der Waals surface area contributed by atoms with Gasteiger partial charge in [0.05, 0.1) is 14.2 Å². The number of carbonyl (C=O) groups is 1. The van der Waals surface area contributed by atoms with Gasteiger partial charge in [0.2, 0.25) is 0 Å². The lowest BCUT2D eigenvalue weighted by atomic mass is 9.89. The molecule has 0 aliphatic heterocycles. The van der Waals surface area contributed by atoms with Crippen LogP contribution >= 0.6 is 0 Å². The molecule has 168 valence electrons. The van der Waals surface area contributed by atoms with Gasteiger partial charge < -0.3 is 19.8 Å². The Morgan fingerprint density at radius 2 is 1.82 bits per heavy atom. The number of para-hydroxylation sites is 2. The van der Waals surface area contributed by atoms with E-state index in [0.29, 0.717) is 23.6 Å². The molecule has 4 aromatic rings. The molecule has 1 unspecified atom stereocenters. The van der Waals surface area contributed by atoms with Crippen molar-refractivity contribution in [1.29, 1.82) is 0 Å². The fourth-order valence-electron chi connectivity index (χ4n) is 4.97. The summed E-state index contributed by atoms with van der Waals surface area (Å²) in [4.78, 5) is 16.5. The number of H-pyrrole nitrogens is 1. The SMILES string of the molecule is COc1cccc(C(CNC(=O)c2ccc3c(c2)CCC3)c2c[nH]c3ccccc23)c1OC. The molecule has 1 heterocycles. The molecule has 1 aliphatic rings. The maximum Gasteiger partial charge on any atom is 0.251 e. The summed E-state index contributed by atoms with van der Waals surface area (Å²) in [6, 6.07) is 20.2. The van der Waals surface area contributed by atoms with Crippen molar-refractivity contribution in [3.05, 3.63) is 94.7 Å². The molecule has 0 radical (unpaired) electrons. The number of fused-ring (bicyclic) bond motifs is 2. The van der Waals surface area contributed by atoms with E-state index in [4.69, 9.17) is 9.47 Å². The molecule has 0 saturated heterocycles. The van der Waals surface area contributed by atoms with Gasteiger partial charge in [0.1, 0.15) is 0 Å². The standard InChI is InChI=1S/C28H28N2O3/c1-32-26-12-6-10-22(27(26)33-2)24(23-16-29-25-11-4-3-9-21(23)25)17-30-28(31)20-14-13-18-7-5-8-19(18)15-20/h3-4,6,9-16,24,29H,5,7-8,17H2,1-2H3,(H,30,31). The fraction of sp³-hybridized carbons (Fsp3) is 0.250. The number of ether oxygens (including phenoxy) is 2. The molecule has 2 N–H and O–H groups in total. The monoisotopic (exact) mass is 440 g/mol. The Morgan fingerprint density at radius 3 is 2.67 bits per heavy atom. The third-order valence-corrected chi connectivity index (χ3v) is 6.63. The molecule has 0 spiro atoms. The van der Waals surface area contributed by atoms with E-state index in [1.54, 1.807) is 14.2 Å². The quantitative estimate of drug-likeness (QED) is 0.413. The zero-order valence-corrected chi connectivity index (χ0v) is 19.0. The summed E-state index contributed by atoms with van der Waals surface area (Å²) < 4.78 is 11.3. The molecular formula is C28H28N2O3. The lowest BCUT2D eigenvalue weighted by molar-refractivity contribution is 0.0952. The molecule has 5 heteroatoms. The van der Waals surface area contributed by atoms with Gasteiger partial charge in [0, 0.05) is 40.7 Å². The minimum Gasteiger partial charge on any atom is -0.493 e. The number of amides is 1. The van der Waals surface area contributed by atoms with Gasteiger partial charge in [-0.2, -0.15) is 0 Å². The predicted octanol–water partition coefficient (Wildman–Crippen LogP) is 5.24. The van der Waals surface area contributed by atoms with Crippen LogP contribution in [0.2, 0.25) is 0 Å². The first-order valence-corrected chi connectivity index (χ1v) is 11.4. The molecular weight excluding hydrogens is 412 g/mol. The summed E-state index contributed by atoms with van der Waals surface area (Å²) in [5.41, 5.74) is 6.51. The average Bonchev–Trinajstić information content (AvgIpc) is 3.50. The summed E-state index contributed by atoms with van der Waals surface area (Å²) in [5, 5.41) is 4.31. The first-order valence-electron chi connectivity index (χ1n) is 11.4. The Labute approximate surface area is 193 Å². The highest BCUT2D eigenvalue weighted by Crippen LogP contribution is 2.40. The van der Waals surface area contributed by atoms with Crippen LogP contribution in [-0.4, -0.2) is 31.7 Å². The zero-order chi connectivity index (χ0) is 22.8. The molecule has 1 amide bonds. The number of aryl methyl sites for hydroxylation is 2. The van der Waals surface area contributed by atoms with E-state index in [9.17, 15) is 4.79 Å². The van der Waals surface area contributed by atoms with Crippen molar-refractivity contribution in [2.45, 2.75) is 25.2 Å². The Morgan fingerprint density at radius 1 is 0.970 bits per heavy atom. The summed E-state index contributed by atoms with van der Waals surface area (Å²) in [6.45, 7) is 0.432. The Bertz CT molecular complexity index is 1310. The molecule has 0 saturated carbocycles. The van der Waals surface area contributed by atoms with Crippen molar-refractivity contribution in [2.75, 3.05) is 20.8 Å². The van der Waals surface area contributed by atoms with Crippen LogP contribution in [0.3, 0.4) is 0 Å². The van der Waals surface area contributed by atoms with E-state index in [1.807, 2.05) is 48.7 Å². The average molecular weight is 441 g/mol. The molecule has 5 rings (SSSR count). The second-order valence-electron chi connectivity index (χ2n) is 8.47. The molecule has 1 aromatic heterocycles. The van der Waals surface area contributed by atoms with Crippen molar-refractivity contribution in [1.82, 2.24) is 10.3 Å². The first kappa shape index (κ1) is 21.1. The van der Waals surface area contributed by atoms with Gasteiger partial charge in [-0.05, 0) is 60.2 Å². The van der Waals surface area contributed by atoms with Gasteiger partial charge in [0.25, 0.3) is 5.91 Å². The maximum atomic E-state index is 13.1. The molecule has 0 fully saturated rings. The molecule has 1 aliphatic carbocycles. The number of aromatic amines is 1. The topological polar surface area (TPSA) is 63.3 Å². The lowest BCUT2D eigenvalue weighted by Crippen LogP contribution is -2.29. The molecule has 5 nitrogen and oxygen atoms in total. The van der Waals surface area contributed by atoms with Crippen LogP contribution in [0.1, 0.15) is 45.0 Å². The molecule has 1 atom stereocenters. The number of benzene rings is 3. The van der Waals surface area contributed by atoms with Crippen molar-refractivity contribution in [2.24, 2.45) is 0 Å². The van der Waals surface area contributed by atoms with Gasteiger partial charge in [-0.15, -0.1) is 0 Å². The van der Waals surface area contributed by atoms with Crippen molar-refractivity contribution < 1.29 is 14.3 Å². The number of carbonyl (C=O) groups excluding carboxylic acids is 1. The van der Waals surface area contributed by atoms with E-state index in [0.717, 1.165) is 34.9 Å². The van der Waals surface area contributed by atoms with Crippen LogP contribution in [0, 0.1) is 0 Å². The van der Waals surface area contributed by atoms with Gasteiger partial charge in [-0.1, -0.05) is 36.4 Å². The molecule has 3 aromatic carbocycles. The normalized spacial score (nSPS) is 13.5. The van der Waals surface area contributed by atoms with Crippen LogP contribution in [-0.2, 0) is 12.8 Å². The van der Waals surface area contributed by atoms with Crippen LogP contribution < -0.4 is 14.8 Å². The van der Waals surface area contributed by atoms with Gasteiger partial charge >= 0.3 is 0 Å². The van der Waals surface area contributed by atoms with Gasteiger partial charge in [-0.25, -0.2) is 0 Å². The Hall–Kier alpha value is -3.73. The number of hydrogen-bond donors (Lipinski definition) is 2. The Balaban J connectivity index is 1.50. The van der Waals surface area contributed by atoms with E-state index in [-0.39, 0.29) is 11.8 Å². The highest BCUT2D eigenvalue weighted by Gasteiger charge is 2.24. The van der Waals surface area contributed by atoms with Crippen LogP contribution in [0.5, 0.6) is 11.5 Å². The number of rotatable bonds is 7. The fourth-order valence-corrected chi connectivity index (χ4v) is 4.97. The second kappa shape index (κ2) is 9.02. The predicted molar refractivity (Wildman–Crippen MR) is 130 cm³/mol. The van der Waals surface area contributed by atoms with Gasteiger partial charge in [-0.3, -0.25) is 4.79 Å². The smallest absolute Gasteiger partial charge is 0.251 e. The number of nitrogens with one attached hydrogen (secondary N) is 2. The minimum atomic E-state index is -0.121. The maximum absolute atomic E-state index is 13.1. The largest absolute Gasteiger partial charge is 0.493 e. The van der Waals surface area contributed by atoms with Crippen LogP contribution in [0.4, 0.5) is 0 Å². The number of aromatic nitrogens is 1. The van der Waals surface area contributed by atoms with E-state index in [2.05, 4.69) is 28.5 Å². The summed E-state index contributed by atoms with van der Waals surface area (Å²) >= 11 is 0. The van der Waals surface area contributed by atoms with E-state index < -0.39 is 0 Å². The molecule has 33 heavy (non-hydrogen) atoms. The summed E-state index contributed by atoms with van der Waals surface area (Å²) in [5.74, 6) is 1.17. The van der Waals surface area contributed by atoms with Crippen LogP contribution in [0.25, 0.3) is 10.9 Å². The highest BCUT2D eigenvalue weighted by molar-refractivity contribution is 5.94. The summed E-state index contributed by atoms with van der Waals surface area (Å²) in [7, 11) is 3.29. The van der Waals surface area contributed by atoms with E-state index in [1.165, 1.54) is 17.5 Å². The second-order valence-corrected chi connectivity index (χ2v) is 8.47. The minimum absolute atomic E-state index is 0.0589. The van der Waals surface area contributed by atoms with Gasteiger partial charge in [0.15, 0.2) is 11.5 Å². The third-order valence-electron chi connectivity index (χ3n) is 6.63. The molecule has 0 bridgehead atoms. The van der Waals surface area contributed by atoms with Crippen molar-refractivity contribution >= 4 is 16.8 Å². The summed E-state index contributed by atoms with van der Waals surface area (Å²) in [6.07, 6.45) is 5.35. The number of hydrogen-bond acceptors (Lipinski definition) is 3. The van der Waals surface area contributed by atoms with E-state index >= 15 is 0 Å². The first-order chi connectivity index (χ1) is 16.2. The zero-order valence-electron chi connectivity index (χ0n) is 19.0. The Kier molecular flexibility index (Phi) is 5.78. The van der Waals surface area contributed by atoms with Crippen molar-refractivity contribution in [3.63, 3.8) is 0 Å². The van der Waals surface area contributed by atoms with Crippen molar-refractivity contribution in [3.8, 4) is 11.5 Å². The third kappa shape index (κ3) is 3.95. The number of methoxy groups -OCH3 is 2.